The minimum absolute atomic E-state index is 0.0291. The summed E-state index contributed by atoms with van der Waals surface area (Å²) in [6.45, 7) is 2.56. The first-order valence-corrected chi connectivity index (χ1v) is 8.56. The van der Waals surface area contributed by atoms with E-state index in [1.807, 2.05) is 0 Å². The van der Waals surface area contributed by atoms with E-state index >= 15 is 0 Å². The Balaban J connectivity index is 1.65. The zero-order valence-corrected chi connectivity index (χ0v) is 12.3. The summed E-state index contributed by atoms with van der Waals surface area (Å²) in [6, 6.07) is 0. The first kappa shape index (κ1) is 12.4. The van der Waals surface area contributed by atoms with Crippen molar-refractivity contribution in [2.45, 2.75) is 70.8 Å². The highest BCUT2D eigenvalue weighted by atomic mass is 16.3. The van der Waals surface area contributed by atoms with Gasteiger partial charge in [-0.25, -0.2) is 0 Å². The van der Waals surface area contributed by atoms with Gasteiger partial charge in [-0.3, -0.25) is 0 Å². The molecule has 1 heteroatoms. The monoisotopic (exact) mass is 260 g/mol. The van der Waals surface area contributed by atoms with Gasteiger partial charge in [-0.05, 0) is 74.5 Å². The molecule has 0 bridgehead atoms. The van der Waals surface area contributed by atoms with Crippen molar-refractivity contribution in [3.8, 4) is 0 Å². The minimum Gasteiger partial charge on any atom is -0.392 e. The summed E-state index contributed by atoms with van der Waals surface area (Å²) in [5.74, 6) is 3.25. The van der Waals surface area contributed by atoms with E-state index in [1.165, 1.54) is 44.9 Å². The molecule has 0 amide bonds. The SMILES string of the molecule is C[C@@]12CCC[C@H]1[C@@H]1CCC3=CCC[C@@H](O)[C@@H]3[C@H]1CC2. The van der Waals surface area contributed by atoms with E-state index in [0.29, 0.717) is 11.3 Å². The summed E-state index contributed by atoms with van der Waals surface area (Å²) in [4.78, 5) is 0. The van der Waals surface area contributed by atoms with E-state index in [2.05, 4.69) is 13.0 Å². The molecule has 1 N–H and O–H groups in total. The van der Waals surface area contributed by atoms with Gasteiger partial charge in [-0.1, -0.05) is 25.0 Å². The van der Waals surface area contributed by atoms with Crippen molar-refractivity contribution in [2.75, 3.05) is 0 Å². The highest BCUT2D eigenvalue weighted by Crippen LogP contribution is 2.61. The van der Waals surface area contributed by atoms with Gasteiger partial charge >= 0.3 is 0 Å². The van der Waals surface area contributed by atoms with E-state index in [0.717, 1.165) is 30.6 Å². The average Bonchev–Trinajstić information content (AvgIpc) is 2.80. The quantitative estimate of drug-likeness (QED) is 0.643. The van der Waals surface area contributed by atoms with Gasteiger partial charge in [0.25, 0.3) is 0 Å². The van der Waals surface area contributed by atoms with Gasteiger partial charge in [-0.15, -0.1) is 0 Å². The van der Waals surface area contributed by atoms with Crippen molar-refractivity contribution < 1.29 is 5.11 Å². The van der Waals surface area contributed by atoms with Crippen molar-refractivity contribution in [3.05, 3.63) is 11.6 Å². The molecule has 4 aliphatic carbocycles. The van der Waals surface area contributed by atoms with Crippen LogP contribution in [0.5, 0.6) is 0 Å². The number of hydrogen-bond donors (Lipinski definition) is 1. The van der Waals surface area contributed by atoms with Gasteiger partial charge in [-0.2, -0.15) is 0 Å². The van der Waals surface area contributed by atoms with Crippen LogP contribution in [0.25, 0.3) is 0 Å². The van der Waals surface area contributed by atoms with E-state index in [9.17, 15) is 5.11 Å². The zero-order valence-electron chi connectivity index (χ0n) is 12.3. The number of hydrogen-bond acceptors (Lipinski definition) is 1. The molecule has 19 heavy (non-hydrogen) atoms. The van der Waals surface area contributed by atoms with Gasteiger partial charge < -0.3 is 5.11 Å². The Hall–Kier alpha value is -0.300. The van der Waals surface area contributed by atoms with Crippen LogP contribution < -0.4 is 0 Å². The summed E-state index contributed by atoms with van der Waals surface area (Å²) in [7, 11) is 0. The van der Waals surface area contributed by atoms with Crippen molar-refractivity contribution in [3.63, 3.8) is 0 Å². The van der Waals surface area contributed by atoms with Crippen LogP contribution in [0.3, 0.4) is 0 Å². The highest BCUT2D eigenvalue weighted by Gasteiger charge is 2.53. The molecule has 0 heterocycles. The van der Waals surface area contributed by atoms with Gasteiger partial charge in [0.15, 0.2) is 0 Å². The van der Waals surface area contributed by atoms with Crippen molar-refractivity contribution >= 4 is 0 Å². The molecule has 3 saturated carbocycles. The van der Waals surface area contributed by atoms with Gasteiger partial charge in [0.2, 0.25) is 0 Å². The smallest absolute Gasteiger partial charge is 0.0611 e. The van der Waals surface area contributed by atoms with Crippen LogP contribution in [0, 0.1) is 29.1 Å². The summed E-state index contributed by atoms with van der Waals surface area (Å²) < 4.78 is 0. The summed E-state index contributed by atoms with van der Waals surface area (Å²) in [5, 5.41) is 10.5. The Kier molecular flexibility index (Phi) is 2.85. The minimum atomic E-state index is -0.0291. The lowest BCUT2D eigenvalue weighted by Crippen LogP contribution is -2.47. The molecule has 0 radical (unpaired) electrons. The maximum Gasteiger partial charge on any atom is 0.0611 e. The second kappa shape index (κ2) is 4.35. The Bertz CT molecular complexity index is 398. The second-order valence-electron chi connectivity index (χ2n) is 8.01. The fourth-order valence-electron chi connectivity index (χ4n) is 6.34. The molecule has 0 aliphatic heterocycles. The van der Waals surface area contributed by atoms with E-state index in [-0.39, 0.29) is 6.10 Å². The van der Waals surface area contributed by atoms with Crippen LogP contribution in [0.4, 0.5) is 0 Å². The number of rotatable bonds is 0. The van der Waals surface area contributed by atoms with E-state index in [4.69, 9.17) is 0 Å². The number of aliphatic hydroxyl groups is 1. The number of aliphatic hydroxyl groups excluding tert-OH is 1. The summed E-state index contributed by atoms with van der Waals surface area (Å²) >= 11 is 0. The Labute approximate surface area is 117 Å². The van der Waals surface area contributed by atoms with Crippen LogP contribution in [0.2, 0.25) is 0 Å². The molecule has 4 rings (SSSR count). The molecule has 6 atom stereocenters. The highest BCUT2D eigenvalue weighted by molar-refractivity contribution is 5.19. The number of allylic oxidation sites excluding steroid dienone is 1. The van der Waals surface area contributed by atoms with Crippen LogP contribution in [-0.4, -0.2) is 11.2 Å². The first-order valence-electron chi connectivity index (χ1n) is 8.56. The van der Waals surface area contributed by atoms with Crippen molar-refractivity contribution in [2.24, 2.45) is 29.1 Å². The van der Waals surface area contributed by atoms with Crippen molar-refractivity contribution in [1.82, 2.24) is 0 Å². The average molecular weight is 260 g/mol. The topological polar surface area (TPSA) is 20.2 Å². The number of fused-ring (bicyclic) bond motifs is 5. The maximum atomic E-state index is 10.5. The van der Waals surface area contributed by atoms with Crippen LogP contribution in [0.1, 0.15) is 64.7 Å². The lowest BCUT2D eigenvalue weighted by Gasteiger charge is -2.53. The third kappa shape index (κ3) is 1.77. The van der Waals surface area contributed by atoms with Crippen LogP contribution >= 0.6 is 0 Å². The standard InChI is InChI=1S/C18H28O/c1-18-10-3-5-15(18)13-8-7-12-4-2-6-16(19)17(12)14(13)9-11-18/h4,13-17,19H,2-3,5-11H2,1H3/t13-,14+,15+,16-,17+,18+/m1/s1. The van der Waals surface area contributed by atoms with Gasteiger partial charge in [0.1, 0.15) is 0 Å². The molecule has 3 fully saturated rings. The fourth-order valence-corrected chi connectivity index (χ4v) is 6.34. The molecule has 106 valence electrons. The van der Waals surface area contributed by atoms with Crippen LogP contribution in [-0.2, 0) is 0 Å². The van der Waals surface area contributed by atoms with Crippen LogP contribution in [0.15, 0.2) is 11.6 Å². The largest absolute Gasteiger partial charge is 0.392 e. The molecular weight excluding hydrogens is 232 g/mol. The molecule has 0 spiro atoms. The lowest BCUT2D eigenvalue weighted by molar-refractivity contribution is -0.0382. The Morgan fingerprint density at radius 2 is 2.00 bits per heavy atom. The molecule has 0 unspecified atom stereocenters. The lowest BCUT2D eigenvalue weighted by atomic mass is 9.52. The zero-order chi connectivity index (χ0) is 13.0. The van der Waals surface area contributed by atoms with Crippen molar-refractivity contribution in [1.29, 1.82) is 0 Å². The normalized spacial score (nSPS) is 52.9. The molecule has 0 aromatic rings. The molecular formula is C18H28O. The van der Waals surface area contributed by atoms with Gasteiger partial charge in [0.05, 0.1) is 6.10 Å². The fraction of sp³-hybridized carbons (Fsp3) is 0.889. The predicted octanol–water partition coefficient (Wildman–Crippen LogP) is 4.31. The molecule has 0 aromatic heterocycles. The Morgan fingerprint density at radius 3 is 2.89 bits per heavy atom. The summed E-state index contributed by atoms with van der Waals surface area (Å²) in [5.41, 5.74) is 2.28. The molecule has 0 saturated heterocycles. The summed E-state index contributed by atoms with van der Waals surface area (Å²) in [6.07, 6.45) is 14.5. The third-order valence-corrected chi connectivity index (χ3v) is 7.21. The Morgan fingerprint density at radius 1 is 1.11 bits per heavy atom. The molecule has 0 aromatic carbocycles. The third-order valence-electron chi connectivity index (χ3n) is 7.21. The maximum absolute atomic E-state index is 10.5. The first-order chi connectivity index (χ1) is 9.19. The molecule has 1 nitrogen and oxygen atoms in total. The van der Waals surface area contributed by atoms with E-state index in [1.54, 1.807) is 5.57 Å². The van der Waals surface area contributed by atoms with E-state index < -0.39 is 0 Å². The predicted molar refractivity (Wildman–Crippen MR) is 77.7 cm³/mol. The second-order valence-corrected chi connectivity index (χ2v) is 8.01. The van der Waals surface area contributed by atoms with Gasteiger partial charge in [0, 0.05) is 5.92 Å². The molecule has 4 aliphatic rings.